The van der Waals surface area contributed by atoms with E-state index in [2.05, 4.69) is 31.0 Å². The van der Waals surface area contributed by atoms with Crippen LogP contribution in [0.5, 0.6) is 17.4 Å². The third-order valence-corrected chi connectivity index (χ3v) is 8.09. The van der Waals surface area contributed by atoms with Crippen molar-refractivity contribution in [3.8, 4) is 28.5 Å². The van der Waals surface area contributed by atoms with Crippen molar-refractivity contribution in [2.75, 3.05) is 0 Å². The van der Waals surface area contributed by atoms with Gasteiger partial charge in [-0.05, 0) is 84.1 Å². The number of nitrogens with zero attached hydrogens (tertiary/aromatic N) is 2. The number of aromatic nitrogens is 1. The molecule has 7 heteroatoms. The normalized spacial score (nSPS) is 18.6. The van der Waals surface area contributed by atoms with E-state index in [0.717, 1.165) is 22.9 Å². The summed E-state index contributed by atoms with van der Waals surface area (Å²) in [5.41, 5.74) is 4.11. The number of aryl methyl sites for hydroxylation is 1. The molecule has 42 heavy (non-hydrogen) atoms. The fraction of sp³-hybridized carbons (Fsp3) is 0.200. The summed E-state index contributed by atoms with van der Waals surface area (Å²) < 4.78 is 42.6. The molecule has 4 aromatic carbocycles. The maximum absolute atomic E-state index is 15.0. The van der Waals surface area contributed by atoms with Crippen LogP contribution in [0.4, 0.5) is 8.78 Å². The van der Waals surface area contributed by atoms with E-state index in [1.807, 2.05) is 25.1 Å². The van der Waals surface area contributed by atoms with Crippen LogP contribution < -0.4 is 4.74 Å². The summed E-state index contributed by atoms with van der Waals surface area (Å²) in [5, 5.41) is 11.2. The zero-order valence-electron chi connectivity index (χ0n) is 23.4. The largest absolute Gasteiger partial charge is 0.506 e. The van der Waals surface area contributed by atoms with Gasteiger partial charge in [0.1, 0.15) is 40.8 Å². The van der Waals surface area contributed by atoms with Crippen molar-refractivity contribution in [1.82, 2.24) is 4.98 Å². The highest BCUT2D eigenvalue weighted by Gasteiger charge is 2.47. The third kappa shape index (κ3) is 4.45. The minimum Gasteiger partial charge on any atom is -0.506 e. The topological polar surface area (TPSA) is 63.9 Å². The number of phenols is 1. The number of rotatable bonds is 4. The second kappa shape index (κ2) is 9.65. The zero-order valence-corrected chi connectivity index (χ0v) is 23.4. The Morgan fingerprint density at radius 3 is 2.48 bits per heavy atom. The number of hydrogen-bond donors (Lipinski definition) is 1. The van der Waals surface area contributed by atoms with Crippen molar-refractivity contribution < 1.29 is 23.4 Å². The van der Waals surface area contributed by atoms with Gasteiger partial charge < -0.3 is 14.6 Å². The Morgan fingerprint density at radius 2 is 1.67 bits per heavy atom. The van der Waals surface area contributed by atoms with Crippen molar-refractivity contribution >= 4 is 16.8 Å². The zero-order chi connectivity index (χ0) is 29.2. The number of fused-ring (bicyclic) bond motifs is 4. The number of phenolic OH excluding ortho intramolecular Hbond substituents is 1. The van der Waals surface area contributed by atoms with E-state index in [1.165, 1.54) is 23.8 Å². The van der Waals surface area contributed by atoms with Gasteiger partial charge >= 0.3 is 0 Å². The molecule has 0 unspecified atom stereocenters. The summed E-state index contributed by atoms with van der Waals surface area (Å²) in [7, 11) is 0. The molecule has 2 atom stereocenters. The molecule has 1 aliphatic carbocycles. The van der Waals surface area contributed by atoms with E-state index in [9.17, 15) is 13.9 Å². The molecule has 0 bridgehead atoms. The van der Waals surface area contributed by atoms with E-state index in [0.29, 0.717) is 22.7 Å². The van der Waals surface area contributed by atoms with Crippen LogP contribution in [-0.4, -0.2) is 22.1 Å². The Balaban J connectivity index is 1.34. The summed E-state index contributed by atoms with van der Waals surface area (Å²) >= 11 is 0. The summed E-state index contributed by atoms with van der Waals surface area (Å²) in [5.74, 6) is -0.447. The van der Waals surface area contributed by atoms with Gasteiger partial charge in [-0.2, -0.15) is 0 Å². The first-order valence-corrected chi connectivity index (χ1v) is 13.9. The van der Waals surface area contributed by atoms with Crippen molar-refractivity contribution in [3.05, 3.63) is 119 Å². The van der Waals surface area contributed by atoms with E-state index in [1.54, 1.807) is 36.4 Å². The van der Waals surface area contributed by atoms with Crippen molar-refractivity contribution in [2.24, 2.45) is 10.4 Å². The highest BCUT2D eigenvalue weighted by Crippen LogP contribution is 2.48. The number of aliphatic imine (C=N–C) groups is 1. The molecule has 0 saturated heterocycles. The van der Waals surface area contributed by atoms with Crippen molar-refractivity contribution in [1.29, 1.82) is 0 Å². The molecule has 210 valence electrons. The maximum Gasteiger partial charge on any atom is 0.219 e. The lowest BCUT2D eigenvalue weighted by Crippen LogP contribution is -2.40. The highest BCUT2D eigenvalue weighted by molar-refractivity contribution is 5.97. The molecular formula is C35H28F2N2O3. The molecule has 2 aliphatic rings. The minimum atomic E-state index is -0.694. The van der Waals surface area contributed by atoms with E-state index >= 15 is 0 Å². The fourth-order valence-electron chi connectivity index (χ4n) is 6.17. The van der Waals surface area contributed by atoms with Crippen LogP contribution in [0.25, 0.3) is 22.0 Å². The van der Waals surface area contributed by atoms with Crippen LogP contribution >= 0.6 is 0 Å². The number of aromatic hydroxyl groups is 1. The van der Waals surface area contributed by atoms with Crippen LogP contribution in [0.2, 0.25) is 0 Å². The molecule has 0 fully saturated rings. The van der Waals surface area contributed by atoms with Crippen LogP contribution in [-0.2, 0) is 11.2 Å². The van der Waals surface area contributed by atoms with Crippen molar-refractivity contribution in [3.63, 3.8) is 0 Å². The third-order valence-electron chi connectivity index (χ3n) is 8.09. The molecule has 0 saturated carbocycles. The van der Waals surface area contributed by atoms with Crippen LogP contribution in [0.3, 0.4) is 0 Å². The number of ether oxygens (including phenoxy) is 2. The first-order valence-electron chi connectivity index (χ1n) is 13.9. The van der Waals surface area contributed by atoms with Gasteiger partial charge in [-0.15, -0.1) is 0 Å². The van der Waals surface area contributed by atoms with Gasteiger partial charge in [0.25, 0.3) is 0 Å². The second-order valence-electron chi connectivity index (χ2n) is 11.7. The quantitative estimate of drug-likeness (QED) is 0.239. The smallest absolute Gasteiger partial charge is 0.219 e. The predicted molar refractivity (Wildman–Crippen MR) is 158 cm³/mol. The lowest BCUT2D eigenvalue weighted by Gasteiger charge is -2.39. The van der Waals surface area contributed by atoms with Gasteiger partial charge in [0, 0.05) is 22.4 Å². The van der Waals surface area contributed by atoms with Gasteiger partial charge in [0.2, 0.25) is 11.8 Å². The number of hydrogen-bond acceptors (Lipinski definition) is 5. The molecule has 1 N–H and O–H groups in total. The molecule has 0 amide bonds. The number of benzene rings is 4. The monoisotopic (exact) mass is 562 g/mol. The molecule has 5 nitrogen and oxygen atoms in total. The van der Waals surface area contributed by atoms with Gasteiger partial charge in [0.05, 0.1) is 5.56 Å². The lowest BCUT2D eigenvalue weighted by molar-refractivity contribution is 0.0537. The van der Waals surface area contributed by atoms with E-state index < -0.39 is 11.6 Å². The van der Waals surface area contributed by atoms with Gasteiger partial charge in [-0.25, -0.2) is 18.8 Å². The summed E-state index contributed by atoms with van der Waals surface area (Å²) in [4.78, 5) is 9.51. The van der Waals surface area contributed by atoms with Crippen molar-refractivity contribution in [2.45, 2.75) is 39.3 Å². The lowest BCUT2D eigenvalue weighted by atomic mass is 9.70. The first kappa shape index (κ1) is 26.1. The Kier molecular flexibility index (Phi) is 6.01. The van der Waals surface area contributed by atoms with Gasteiger partial charge in [-0.1, -0.05) is 44.2 Å². The Morgan fingerprint density at radius 1 is 0.905 bits per heavy atom. The van der Waals surface area contributed by atoms with E-state index in [-0.39, 0.29) is 40.3 Å². The standard InChI is InChI=1S/C35H28F2N2O3/c1-19-13-20-11-12-29(38-31(20)28(40)14-19)41-24-16-22(30-26(36)9-6-10-27(30)37)15-23(17-24)34-39-32-25-8-5-4-7-21(25)18-35(2,3)33(32)42-34/h4-17,32-33,40H,18H2,1-3H3/t32-,33-/m0/s1. The molecule has 1 aliphatic heterocycles. The number of halogens is 2. The first-order chi connectivity index (χ1) is 20.2. The predicted octanol–water partition coefficient (Wildman–Crippen LogP) is 8.46. The molecule has 1 aromatic heterocycles. The van der Waals surface area contributed by atoms with Gasteiger partial charge in [-0.3, -0.25) is 0 Å². The Bertz CT molecular complexity index is 1900. The molecule has 0 radical (unpaired) electrons. The minimum absolute atomic E-state index is 0.0394. The molecule has 2 heterocycles. The maximum atomic E-state index is 15.0. The fourth-order valence-corrected chi connectivity index (χ4v) is 6.17. The molecule has 7 rings (SSSR count). The second-order valence-corrected chi connectivity index (χ2v) is 11.7. The Hall–Kier alpha value is -4.78. The van der Waals surface area contributed by atoms with Crippen LogP contribution in [0.15, 0.2) is 89.9 Å². The summed E-state index contributed by atoms with van der Waals surface area (Å²) in [6.07, 6.45) is 0.649. The SMILES string of the molecule is Cc1cc(O)c2nc(Oc3cc(C4=N[C@H]5c6ccccc6CC(C)(C)[C@H]5O4)cc(-c4c(F)cccc4F)c3)ccc2c1. The molecule has 0 spiro atoms. The van der Waals surface area contributed by atoms with Gasteiger partial charge in [0.15, 0.2) is 0 Å². The summed E-state index contributed by atoms with van der Waals surface area (Å²) in [6.45, 7) is 6.23. The Labute approximate surface area is 242 Å². The average Bonchev–Trinajstić information content (AvgIpc) is 3.41. The average molecular weight is 563 g/mol. The van der Waals surface area contributed by atoms with Crippen LogP contribution in [0.1, 0.15) is 42.1 Å². The van der Waals surface area contributed by atoms with Crippen LogP contribution in [0, 0.1) is 24.0 Å². The van der Waals surface area contributed by atoms with E-state index in [4.69, 9.17) is 14.5 Å². The molecule has 5 aromatic rings. The molecular weight excluding hydrogens is 534 g/mol. The highest BCUT2D eigenvalue weighted by atomic mass is 19.1. The summed E-state index contributed by atoms with van der Waals surface area (Å²) in [6, 6.07) is 23.8. The number of pyridine rings is 1.